The molecular weight excluding hydrogens is 230 g/mol. The van der Waals surface area contributed by atoms with Crippen molar-refractivity contribution in [2.75, 3.05) is 5.32 Å². The largest absolute Gasteiger partial charge is 0.378 e. The van der Waals surface area contributed by atoms with E-state index in [-0.39, 0.29) is 0 Å². The Balaban J connectivity index is 1.85. The maximum atomic E-state index is 6.01. The number of hydrogen-bond acceptors (Lipinski definition) is 1. The zero-order valence-corrected chi connectivity index (χ0v) is 10.2. The normalized spacial score (nSPS) is 17.8. The van der Waals surface area contributed by atoms with E-state index in [1.165, 1.54) is 16.8 Å². The first-order valence-corrected chi connectivity index (χ1v) is 6.30. The summed E-state index contributed by atoms with van der Waals surface area (Å²) in [6.45, 7) is 0. The number of anilines is 1. The number of para-hydroxylation sites is 1. The maximum absolute atomic E-state index is 6.01. The highest BCUT2D eigenvalue weighted by molar-refractivity contribution is 6.30. The Morgan fingerprint density at radius 1 is 1.06 bits per heavy atom. The third-order valence-corrected chi connectivity index (χ3v) is 3.53. The Kier molecular flexibility index (Phi) is 2.77. The van der Waals surface area contributed by atoms with Crippen molar-refractivity contribution in [1.29, 1.82) is 0 Å². The number of fused-ring (bicyclic) bond motifs is 1. The van der Waals surface area contributed by atoms with Gasteiger partial charge in [-0.1, -0.05) is 35.9 Å². The van der Waals surface area contributed by atoms with E-state index < -0.39 is 0 Å². The van der Waals surface area contributed by atoms with Crippen molar-refractivity contribution < 1.29 is 0 Å². The molecule has 0 saturated carbocycles. The fourth-order valence-corrected chi connectivity index (χ4v) is 2.67. The van der Waals surface area contributed by atoms with Crippen LogP contribution in [0.1, 0.15) is 23.6 Å². The quantitative estimate of drug-likeness (QED) is 0.822. The van der Waals surface area contributed by atoms with E-state index in [2.05, 4.69) is 41.7 Å². The molecule has 1 unspecified atom stereocenters. The Morgan fingerprint density at radius 2 is 1.88 bits per heavy atom. The second kappa shape index (κ2) is 4.42. The summed E-state index contributed by atoms with van der Waals surface area (Å²) in [5.41, 5.74) is 3.95. The van der Waals surface area contributed by atoms with E-state index >= 15 is 0 Å². The Labute approximate surface area is 106 Å². The van der Waals surface area contributed by atoms with Crippen LogP contribution in [-0.2, 0) is 6.42 Å². The zero-order chi connectivity index (χ0) is 11.7. The SMILES string of the molecule is Clc1ccc2c(c1)CCC2Nc1ccccc1. The minimum absolute atomic E-state index is 0.421. The molecule has 0 bridgehead atoms. The first-order chi connectivity index (χ1) is 8.33. The van der Waals surface area contributed by atoms with Crippen molar-refractivity contribution in [3.05, 3.63) is 64.7 Å². The number of aryl methyl sites for hydroxylation is 1. The highest BCUT2D eigenvalue weighted by atomic mass is 35.5. The predicted molar refractivity (Wildman–Crippen MR) is 72.6 cm³/mol. The van der Waals surface area contributed by atoms with E-state index in [1.807, 2.05) is 12.1 Å². The molecule has 86 valence electrons. The molecule has 0 fully saturated rings. The molecule has 1 aliphatic rings. The van der Waals surface area contributed by atoms with Gasteiger partial charge in [0.1, 0.15) is 0 Å². The second-order valence-corrected chi connectivity index (χ2v) is 4.88. The van der Waals surface area contributed by atoms with Crippen LogP contribution in [0.15, 0.2) is 48.5 Å². The molecule has 0 aliphatic heterocycles. The Morgan fingerprint density at radius 3 is 2.71 bits per heavy atom. The minimum atomic E-state index is 0.421. The summed E-state index contributed by atoms with van der Waals surface area (Å²) in [7, 11) is 0. The molecule has 17 heavy (non-hydrogen) atoms. The van der Waals surface area contributed by atoms with Gasteiger partial charge in [0.2, 0.25) is 0 Å². The fourth-order valence-electron chi connectivity index (χ4n) is 2.47. The Hall–Kier alpha value is -1.47. The summed E-state index contributed by atoms with van der Waals surface area (Å²) in [4.78, 5) is 0. The molecule has 2 heteroatoms. The molecule has 0 aromatic heterocycles. The maximum Gasteiger partial charge on any atom is 0.0519 e. The molecule has 0 heterocycles. The summed E-state index contributed by atoms with van der Waals surface area (Å²) in [6, 6.07) is 17.0. The standard InChI is InChI=1S/C15H14ClN/c16-12-7-8-14-11(10-12)6-9-15(14)17-13-4-2-1-3-5-13/h1-5,7-8,10,15,17H,6,9H2. The van der Waals surface area contributed by atoms with Crippen LogP contribution in [0, 0.1) is 0 Å². The monoisotopic (exact) mass is 243 g/mol. The van der Waals surface area contributed by atoms with Crippen LogP contribution >= 0.6 is 11.6 Å². The molecule has 0 spiro atoms. The molecule has 0 saturated heterocycles. The summed E-state index contributed by atoms with van der Waals surface area (Å²) in [5, 5.41) is 4.41. The van der Waals surface area contributed by atoms with Crippen LogP contribution in [0.2, 0.25) is 5.02 Å². The van der Waals surface area contributed by atoms with Gasteiger partial charge in [0, 0.05) is 10.7 Å². The highest BCUT2D eigenvalue weighted by Gasteiger charge is 2.22. The number of hydrogen-bond donors (Lipinski definition) is 1. The summed E-state index contributed by atoms with van der Waals surface area (Å²) >= 11 is 6.01. The second-order valence-electron chi connectivity index (χ2n) is 4.44. The summed E-state index contributed by atoms with van der Waals surface area (Å²) < 4.78 is 0. The number of nitrogens with one attached hydrogen (secondary N) is 1. The van der Waals surface area contributed by atoms with Crippen LogP contribution in [0.5, 0.6) is 0 Å². The van der Waals surface area contributed by atoms with E-state index in [9.17, 15) is 0 Å². The van der Waals surface area contributed by atoms with Crippen molar-refractivity contribution in [3.8, 4) is 0 Å². The van der Waals surface area contributed by atoms with Crippen LogP contribution in [0.4, 0.5) is 5.69 Å². The van der Waals surface area contributed by atoms with Gasteiger partial charge in [-0.2, -0.15) is 0 Å². The van der Waals surface area contributed by atoms with Gasteiger partial charge in [0.05, 0.1) is 6.04 Å². The van der Waals surface area contributed by atoms with Gasteiger partial charge < -0.3 is 5.32 Å². The zero-order valence-electron chi connectivity index (χ0n) is 9.49. The van der Waals surface area contributed by atoms with Crippen LogP contribution < -0.4 is 5.32 Å². The molecule has 0 radical (unpaired) electrons. The topological polar surface area (TPSA) is 12.0 Å². The van der Waals surface area contributed by atoms with E-state index in [4.69, 9.17) is 11.6 Å². The van der Waals surface area contributed by atoms with E-state index in [0.717, 1.165) is 17.9 Å². The van der Waals surface area contributed by atoms with Gasteiger partial charge in [0.25, 0.3) is 0 Å². The average Bonchev–Trinajstić information content (AvgIpc) is 2.73. The van der Waals surface area contributed by atoms with Crippen LogP contribution in [0.25, 0.3) is 0 Å². The van der Waals surface area contributed by atoms with E-state index in [1.54, 1.807) is 0 Å². The molecule has 1 aliphatic carbocycles. The van der Waals surface area contributed by atoms with Crippen LogP contribution in [0.3, 0.4) is 0 Å². The predicted octanol–water partition coefficient (Wildman–Crippen LogP) is 4.44. The highest BCUT2D eigenvalue weighted by Crippen LogP contribution is 2.35. The van der Waals surface area contributed by atoms with Crippen molar-refractivity contribution in [1.82, 2.24) is 0 Å². The van der Waals surface area contributed by atoms with Crippen molar-refractivity contribution in [2.24, 2.45) is 0 Å². The lowest BCUT2D eigenvalue weighted by Gasteiger charge is -2.15. The lowest BCUT2D eigenvalue weighted by atomic mass is 10.1. The lowest BCUT2D eigenvalue weighted by molar-refractivity contribution is 0.762. The summed E-state index contributed by atoms with van der Waals surface area (Å²) in [6.07, 6.45) is 2.25. The first-order valence-electron chi connectivity index (χ1n) is 5.93. The molecule has 3 rings (SSSR count). The molecule has 0 amide bonds. The lowest BCUT2D eigenvalue weighted by Crippen LogP contribution is -2.06. The molecule has 1 N–H and O–H groups in total. The van der Waals surface area contributed by atoms with E-state index in [0.29, 0.717) is 6.04 Å². The fraction of sp³-hybridized carbons (Fsp3) is 0.200. The van der Waals surface area contributed by atoms with Gasteiger partial charge in [-0.15, -0.1) is 0 Å². The summed E-state index contributed by atoms with van der Waals surface area (Å²) in [5.74, 6) is 0. The third-order valence-electron chi connectivity index (χ3n) is 3.30. The minimum Gasteiger partial charge on any atom is -0.378 e. The number of halogens is 1. The molecule has 2 aromatic rings. The van der Waals surface area contributed by atoms with Gasteiger partial charge in [-0.25, -0.2) is 0 Å². The smallest absolute Gasteiger partial charge is 0.0519 e. The van der Waals surface area contributed by atoms with Crippen molar-refractivity contribution >= 4 is 17.3 Å². The molecular formula is C15H14ClN. The third kappa shape index (κ3) is 2.16. The van der Waals surface area contributed by atoms with Gasteiger partial charge >= 0.3 is 0 Å². The molecule has 1 atom stereocenters. The average molecular weight is 244 g/mol. The van der Waals surface area contributed by atoms with Gasteiger partial charge in [0.15, 0.2) is 0 Å². The first kappa shape index (κ1) is 10.7. The van der Waals surface area contributed by atoms with Crippen molar-refractivity contribution in [2.45, 2.75) is 18.9 Å². The number of benzene rings is 2. The van der Waals surface area contributed by atoms with Crippen molar-refractivity contribution in [3.63, 3.8) is 0 Å². The van der Waals surface area contributed by atoms with Gasteiger partial charge in [-0.3, -0.25) is 0 Å². The van der Waals surface area contributed by atoms with Crippen LogP contribution in [-0.4, -0.2) is 0 Å². The number of rotatable bonds is 2. The molecule has 1 nitrogen and oxygen atoms in total. The molecule has 2 aromatic carbocycles. The Bertz CT molecular complexity index is 522. The van der Waals surface area contributed by atoms with Gasteiger partial charge in [-0.05, 0) is 48.2 Å².